The quantitative estimate of drug-likeness (QED) is 0.511. The van der Waals surface area contributed by atoms with Gasteiger partial charge in [0.1, 0.15) is 5.75 Å². The second-order valence-electron chi connectivity index (χ2n) is 7.02. The molecule has 0 saturated heterocycles. The summed E-state index contributed by atoms with van der Waals surface area (Å²) in [6.45, 7) is 3.71. The Kier molecular flexibility index (Phi) is 5.05. The summed E-state index contributed by atoms with van der Waals surface area (Å²) in [5.74, 6) is 1.51. The van der Waals surface area contributed by atoms with E-state index in [2.05, 4.69) is 15.1 Å². The van der Waals surface area contributed by atoms with Gasteiger partial charge in [0, 0.05) is 17.7 Å². The fourth-order valence-corrected chi connectivity index (χ4v) is 3.20. The number of ether oxygens (including phenoxy) is 1. The molecule has 0 aliphatic rings. The molecule has 30 heavy (non-hydrogen) atoms. The summed E-state index contributed by atoms with van der Waals surface area (Å²) >= 11 is 0. The van der Waals surface area contributed by atoms with Crippen LogP contribution in [0, 0.1) is 0 Å². The van der Waals surface area contributed by atoms with Gasteiger partial charge >= 0.3 is 11.1 Å². The number of H-pyrrole nitrogens is 1. The van der Waals surface area contributed by atoms with E-state index < -0.39 is 11.1 Å². The number of nitrogens with zero attached hydrogens (tertiary/aromatic N) is 3. The maximum atomic E-state index is 12.2. The van der Waals surface area contributed by atoms with Crippen LogP contribution in [0.3, 0.4) is 0 Å². The first-order valence-electron chi connectivity index (χ1n) is 9.41. The van der Waals surface area contributed by atoms with Crippen molar-refractivity contribution >= 4 is 23.2 Å². The summed E-state index contributed by atoms with van der Waals surface area (Å²) in [6.07, 6.45) is 3.58. The van der Waals surface area contributed by atoms with Gasteiger partial charge in [0.05, 0.1) is 18.1 Å². The summed E-state index contributed by atoms with van der Waals surface area (Å²) in [6, 6.07) is 12.7. The van der Waals surface area contributed by atoms with Crippen molar-refractivity contribution in [3.05, 3.63) is 74.6 Å². The molecular weight excluding hydrogens is 384 g/mol. The van der Waals surface area contributed by atoms with Gasteiger partial charge < -0.3 is 14.2 Å². The Bertz CT molecular complexity index is 1340. The molecule has 2 heterocycles. The minimum absolute atomic E-state index is 0.145. The molecule has 8 heteroatoms. The van der Waals surface area contributed by atoms with Gasteiger partial charge in [-0.1, -0.05) is 17.3 Å². The Labute approximate surface area is 171 Å². The molecule has 4 aromatic rings. The van der Waals surface area contributed by atoms with Crippen molar-refractivity contribution in [2.24, 2.45) is 0 Å². The number of rotatable bonds is 5. The second kappa shape index (κ2) is 7.82. The fourth-order valence-electron chi connectivity index (χ4n) is 3.20. The van der Waals surface area contributed by atoms with Gasteiger partial charge in [-0.15, -0.1) is 0 Å². The molecule has 0 atom stereocenters. The van der Waals surface area contributed by atoms with Crippen molar-refractivity contribution in [3.8, 4) is 17.1 Å². The van der Waals surface area contributed by atoms with Gasteiger partial charge in [0.25, 0.3) is 5.89 Å². The van der Waals surface area contributed by atoms with E-state index in [-0.39, 0.29) is 6.04 Å². The van der Waals surface area contributed by atoms with Crippen LogP contribution in [0.2, 0.25) is 0 Å². The highest BCUT2D eigenvalue weighted by atomic mass is 16.5. The molecule has 4 rings (SSSR count). The number of benzene rings is 2. The average Bonchev–Trinajstić information content (AvgIpc) is 3.22. The summed E-state index contributed by atoms with van der Waals surface area (Å²) < 4.78 is 11.9. The minimum Gasteiger partial charge on any atom is -0.497 e. The van der Waals surface area contributed by atoms with Crippen LogP contribution in [0.15, 0.2) is 56.6 Å². The lowest BCUT2D eigenvalue weighted by Crippen LogP contribution is -2.37. The van der Waals surface area contributed by atoms with Crippen molar-refractivity contribution in [2.75, 3.05) is 7.11 Å². The molecule has 2 aromatic heterocycles. The van der Waals surface area contributed by atoms with Crippen LogP contribution in [0.1, 0.15) is 31.3 Å². The molecule has 8 nitrogen and oxygen atoms in total. The molecular formula is C22H20N4O4. The lowest BCUT2D eigenvalue weighted by Gasteiger charge is -2.13. The lowest BCUT2D eigenvalue weighted by molar-refractivity contribution is 0.411. The smallest absolute Gasteiger partial charge is 0.316 e. The van der Waals surface area contributed by atoms with E-state index in [1.807, 2.05) is 44.2 Å². The van der Waals surface area contributed by atoms with Gasteiger partial charge in [-0.2, -0.15) is 4.98 Å². The molecule has 0 fully saturated rings. The van der Waals surface area contributed by atoms with Crippen LogP contribution in [0.5, 0.6) is 5.75 Å². The zero-order valence-electron chi connectivity index (χ0n) is 16.7. The molecule has 0 saturated carbocycles. The first kappa shape index (κ1) is 19.4. The number of aromatic nitrogens is 4. The van der Waals surface area contributed by atoms with E-state index in [1.54, 1.807) is 31.4 Å². The molecule has 0 spiro atoms. The molecule has 0 amide bonds. The third-order valence-electron chi connectivity index (χ3n) is 4.67. The summed E-state index contributed by atoms with van der Waals surface area (Å²) in [7, 11) is 1.62. The number of hydrogen-bond donors (Lipinski definition) is 1. The number of nitrogens with one attached hydrogen (secondary N) is 1. The van der Waals surface area contributed by atoms with Crippen molar-refractivity contribution in [1.82, 2.24) is 19.7 Å². The van der Waals surface area contributed by atoms with Crippen molar-refractivity contribution < 1.29 is 9.26 Å². The zero-order valence-corrected chi connectivity index (χ0v) is 16.7. The van der Waals surface area contributed by atoms with Crippen LogP contribution < -0.4 is 15.9 Å². The van der Waals surface area contributed by atoms with Crippen LogP contribution in [0.25, 0.3) is 34.6 Å². The molecule has 0 aliphatic heterocycles. The fraction of sp³-hybridized carbons (Fsp3) is 0.182. The maximum absolute atomic E-state index is 12.2. The Balaban J connectivity index is 1.65. The highest BCUT2D eigenvalue weighted by molar-refractivity contribution is 5.80. The lowest BCUT2D eigenvalue weighted by atomic mass is 10.1. The van der Waals surface area contributed by atoms with E-state index in [9.17, 15) is 9.59 Å². The monoisotopic (exact) mass is 404 g/mol. The first-order valence-corrected chi connectivity index (χ1v) is 9.41. The molecule has 1 N–H and O–H groups in total. The Morgan fingerprint density at radius 1 is 1.10 bits per heavy atom. The topological polar surface area (TPSA) is 103 Å². The largest absolute Gasteiger partial charge is 0.497 e. The molecule has 0 aliphatic carbocycles. The Hall–Kier alpha value is -3.94. The summed E-state index contributed by atoms with van der Waals surface area (Å²) in [5.41, 5.74) is 1.57. The van der Waals surface area contributed by atoms with E-state index in [4.69, 9.17) is 9.26 Å². The minimum atomic E-state index is -0.662. The number of hydrogen-bond acceptors (Lipinski definition) is 6. The van der Waals surface area contributed by atoms with E-state index in [1.165, 1.54) is 4.57 Å². The van der Waals surface area contributed by atoms with Gasteiger partial charge in [-0.25, -0.2) is 0 Å². The molecule has 152 valence electrons. The van der Waals surface area contributed by atoms with E-state index in [0.29, 0.717) is 28.3 Å². The van der Waals surface area contributed by atoms with Crippen LogP contribution in [-0.4, -0.2) is 26.8 Å². The average molecular weight is 404 g/mol. The molecule has 2 aromatic carbocycles. The van der Waals surface area contributed by atoms with Crippen molar-refractivity contribution in [1.29, 1.82) is 0 Å². The molecule has 0 unspecified atom stereocenters. The maximum Gasteiger partial charge on any atom is 0.316 e. The standard InChI is InChI=1S/C22H20N4O4/c1-13(2)26-18-10-7-15(12-17(18)23-21(27)22(26)28)20-24-19(30-25-20)11-6-14-4-8-16(29-3)9-5-14/h4-13H,1-3H3,(H,23,27)/b11-6+. The van der Waals surface area contributed by atoms with Crippen LogP contribution in [-0.2, 0) is 0 Å². The normalized spacial score (nSPS) is 11.6. The molecule has 0 bridgehead atoms. The van der Waals surface area contributed by atoms with Crippen molar-refractivity contribution in [3.63, 3.8) is 0 Å². The SMILES string of the molecule is COc1ccc(/C=C/c2nc(-c3ccc4c(c3)[nH]c(=O)c(=O)n4C(C)C)no2)cc1. The van der Waals surface area contributed by atoms with Gasteiger partial charge in [0.2, 0.25) is 5.82 Å². The highest BCUT2D eigenvalue weighted by Gasteiger charge is 2.13. The number of methoxy groups -OCH3 is 1. The number of aromatic amines is 1. The summed E-state index contributed by atoms with van der Waals surface area (Å²) in [5, 5.41) is 4.01. The van der Waals surface area contributed by atoms with Crippen LogP contribution in [0.4, 0.5) is 0 Å². The van der Waals surface area contributed by atoms with Crippen LogP contribution >= 0.6 is 0 Å². The number of fused-ring (bicyclic) bond motifs is 1. The predicted octanol–water partition coefficient (Wildman–Crippen LogP) is 3.50. The van der Waals surface area contributed by atoms with Gasteiger partial charge in [0.15, 0.2) is 0 Å². The molecule has 0 radical (unpaired) electrons. The van der Waals surface area contributed by atoms with Gasteiger partial charge in [-0.3, -0.25) is 14.2 Å². The predicted molar refractivity (Wildman–Crippen MR) is 114 cm³/mol. The first-order chi connectivity index (χ1) is 14.5. The van der Waals surface area contributed by atoms with E-state index in [0.717, 1.165) is 11.3 Å². The highest BCUT2D eigenvalue weighted by Crippen LogP contribution is 2.22. The zero-order chi connectivity index (χ0) is 21.3. The summed E-state index contributed by atoms with van der Waals surface area (Å²) in [4.78, 5) is 31.2. The van der Waals surface area contributed by atoms with Gasteiger partial charge in [-0.05, 0) is 55.8 Å². The second-order valence-corrected chi connectivity index (χ2v) is 7.02. The Morgan fingerprint density at radius 3 is 2.57 bits per heavy atom. The van der Waals surface area contributed by atoms with Crippen molar-refractivity contribution in [2.45, 2.75) is 19.9 Å². The van der Waals surface area contributed by atoms with E-state index >= 15 is 0 Å². The third-order valence-corrected chi connectivity index (χ3v) is 4.67. The third kappa shape index (κ3) is 3.67. The Morgan fingerprint density at radius 2 is 1.87 bits per heavy atom.